The molecule has 0 aliphatic carbocycles. The number of carbonyl (C=O) groups excluding carboxylic acids is 1. The van der Waals surface area contributed by atoms with Gasteiger partial charge in [-0.15, -0.1) is 0 Å². The number of H-pyrrole nitrogens is 1. The van der Waals surface area contributed by atoms with Crippen LogP contribution in [-0.2, 0) is 4.79 Å². The zero-order valence-corrected chi connectivity index (χ0v) is 13.9. The van der Waals surface area contributed by atoms with E-state index in [-0.39, 0.29) is 11.5 Å². The maximum Gasteiger partial charge on any atom is 0.263 e. The lowest BCUT2D eigenvalue weighted by atomic mass is 10.2. The minimum absolute atomic E-state index is 0.0463. The molecule has 1 aromatic carbocycles. The molecule has 4 N–H and O–H groups in total. The summed E-state index contributed by atoms with van der Waals surface area (Å²) < 4.78 is 0. The van der Waals surface area contributed by atoms with Crippen LogP contribution >= 0.6 is 0 Å². The zero-order valence-electron chi connectivity index (χ0n) is 13.9. The third-order valence-electron chi connectivity index (χ3n) is 4.09. The number of aromatic amines is 1. The molecule has 0 spiro atoms. The number of anilines is 1. The summed E-state index contributed by atoms with van der Waals surface area (Å²) in [7, 11) is 0. The van der Waals surface area contributed by atoms with Crippen molar-refractivity contribution in [3.63, 3.8) is 0 Å². The molecule has 1 saturated heterocycles. The molecule has 0 unspecified atom stereocenters. The van der Waals surface area contributed by atoms with Gasteiger partial charge in [-0.25, -0.2) is 4.98 Å². The number of rotatable bonds is 6. The van der Waals surface area contributed by atoms with Crippen molar-refractivity contribution in [1.82, 2.24) is 25.5 Å². The van der Waals surface area contributed by atoms with Crippen LogP contribution in [0.4, 0.5) is 5.69 Å². The summed E-state index contributed by atoms with van der Waals surface area (Å²) in [4.78, 5) is 21.6. The van der Waals surface area contributed by atoms with E-state index >= 15 is 0 Å². The Morgan fingerprint density at radius 1 is 1.40 bits per heavy atom. The number of nitrogens with zero attached hydrogens (tertiary/aromatic N) is 3. The van der Waals surface area contributed by atoms with Crippen LogP contribution in [0.1, 0.15) is 0 Å². The first-order valence-corrected chi connectivity index (χ1v) is 8.27. The number of imidazole rings is 1. The van der Waals surface area contributed by atoms with Gasteiger partial charge in [0, 0.05) is 51.2 Å². The lowest BCUT2D eigenvalue weighted by molar-refractivity contribution is -0.117. The van der Waals surface area contributed by atoms with Crippen molar-refractivity contribution in [2.45, 2.75) is 0 Å². The van der Waals surface area contributed by atoms with Gasteiger partial charge in [-0.05, 0) is 18.2 Å². The second kappa shape index (κ2) is 8.28. The fourth-order valence-corrected chi connectivity index (χ4v) is 2.69. The minimum atomic E-state index is -0.368. The average Bonchev–Trinajstić information content (AvgIpc) is 3.11. The summed E-state index contributed by atoms with van der Waals surface area (Å²) in [5.41, 5.74) is 2.57. The first-order valence-electron chi connectivity index (χ1n) is 8.27. The van der Waals surface area contributed by atoms with Gasteiger partial charge in [0.15, 0.2) is 0 Å². The molecule has 1 amide bonds. The number of fused-ring (bicyclic) bond motifs is 1. The lowest BCUT2D eigenvalue weighted by Gasteiger charge is -2.27. The highest BCUT2D eigenvalue weighted by molar-refractivity contribution is 5.97. The Bertz CT molecular complexity index is 799. The zero-order chi connectivity index (χ0) is 17.5. The van der Waals surface area contributed by atoms with Gasteiger partial charge >= 0.3 is 0 Å². The second-order valence-corrected chi connectivity index (χ2v) is 5.80. The summed E-state index contributed by atoms with van der Waals surface area (Å²) in [6, 6.07) is 7.51. The number of carbonyl (C=O) groups is 1. The van der Waals surface area contributed by atoms with Crippen molar-refractivity contribution in [3.05, 3.63) is 36.3 Å². The molecular formula is C17H21N7O. The van der Waals surface area contributed by atoms with Gasteiger partial charge < -0.3 is 20.9 Å². The maximum atomic E-state index is 12.1. The average molecular weight is 339 g/mol. The SMILES string of the molecule is N#C/C(=C/Nc1ccc2nc[nH]c2c1)C(=O)NCCN1CCNCC1. The second-order valence-electron chi connectivity index (χ2n) is 5.80. The van der Waals surface area contributed by atoms with Crippen molar-refractivity contribution < 1.29 is 4.79 Å². The third-order valence-corrected chi connectivity index (χ3v) is 4.09. The molecule has 1 fully saturated rings. The summed E-state index contributed by atoms with van der Waals surface area (Å²) in [5.74, 6) is -0.368. The molecule has 1 aliphatic heterocycles. The first kappa shape index (κ1) is 17.0. The predicted octanol–water partition coefficient (Wildman–Crippen LogP) is 0.404. The van der Waals surface area contributed by atoms with Crippen molar-refractivity contribution in [2.75, 3.05) is 44.6 Å². The molecular weight excluding hydrogens is 318 g/mol. The smallest absolute Gasteiger partial charge is 0.263 e. The van der Waals surface area contributed by atoms with Crippen LogP contribution in [-0.4, -0.2) is 60.0 Å². The Balaban J connectivity index is 1.52. The summed E-state index contributed by atoms with van der Waals surface area (Å²) in [6.45, 7) is 5.22. The fraction of sp³-hybridized carbons (Fsp3) is 0.353. The topological polar surface area (TPSA) is 109 Å². The van der Waals surface area contributed by atoms with E-state index in [1.807, 2.05) is 24.3 Å². The number of piperazine rings is 1. The summed E-state index contributed by atoms with van der Waals surface area (Å²) >= 11 is 0. The number of hydrogen-bond acceptors (Lipinski definition) is 6. The van der Waals surface area contributed by atoms with Crippen molar-refractivity contribution in [2.24, 2.45) is 0 Å². The van der Waals surface area contributed by atoms with Gasteiger partial charge in [0.05, 0.1) is 17.4 Å². The number of benzene rings is 1. The van der Waals surface area contributed by atoms with Crippen molar-refractivity contribution in [3.8, 4) is 6.07 Å². The van der Waals surface area contributed by atoms with Crippen LogP contribution in [0.15, 0.2) is 36.3 Å². The number of amides is 1. The largest absolute Gasteiger partial charge is 0.360 e. The third kappa shape index (κ3) is 4.56. The molecule has 8 nitrogen and oxygen atoms in total. The molecule has 1 aromatic heterocycles. The van der Waals surface area contributed by atoms with E-state index in [2.05, 4.69) is 30.8 Å². The molecule has 0 atom stereocenters. The van der Waals surface area contributed by atoms with E-state index in [1.54, 1.807) is 6.33 Å². The molecule has 0 saturated carbocycles. The molecule has 2 heterocycles. The van der Waals surface area contributed by atoms with Gasteiger partial charge in [0.2, 0.25) is 0 Å². The van der Waals surface area contributed by atoms with Gasteiger partial charge in [-0.3, -0.25) is 9.69 Å². The van der Waals surface area contributed by atoms with Gasteiger partial charge in [0.25, 0.3) is 5.91 Å². The van der Waals surface area contributed by atoms with E-state index in [9.17, 15) is 10.1 Å². The molecule has 0 radical (unpaired) electrons. The van der Waals surface area contributed by atoms with E-state index in [0.29, 0.717) is 6.54 Å². The Morgan fingerprint density at radius 3 is 3.04 bits per heavy atom. The monoisotopic (exact) mass is 339 g/mol. The van der Waals surface area contributed by atoms with Crippen LogP contribution < -0.4 is 16.0 Å². The van der Waals surface area contributed by atoms with Crippen LogP contribution in [0.25, 0.3) is 11.0 Å². The van der Waals surface area contributed by atoms with Gasteiger partial charge in [-0.1, -0.05) is 0 Å². The Kier molecular flexibility index (Phi) is 5.61. The van der Waals surface area contributed by atoms with Crippen LogP contribution in [0, 0.1) is 11.3 Å². The van der Waals surface area contributed by atoms with Crippen molar-refractivity contribution in [1.29, 1.82) is 5.26 Å². The summed E-state index contributed by atoms with van der Waals surface area (Å²) in [6.07, 6.45) is 3.05. The quantitative estimate of drug-likeness (QED) is 0.448. The Labute approximate surface area is 145 Å². The van der Waals surface area contributed by atoms with Crippen LogP contribution in [0.2, 0.25) is 0 Å². The standard InChI is InChI=1S/C17H21N7O/c18-10-13(17(25)20-5-8-24-6-3-19-4-7-24)11-21-14-1-2-15-16(9-14)23-12-22-15/h1-2,9,11-12,19,21H,3-8H2,(H,20,25)(H,22,23)/b13-11-. The van der Waals surface area contributed by atoms with Gasteiger partial charge in [-0.2, -0.15) is 5.26 Å². The summed E-state index contributed by atoms with van der Waals surface area (Å²) in [5, 5.41) is 18.3. The van der Waals surface area contributed by atoms with Gasteiger partial charge in [0.1, 0.15) is 11.6 Å². The number of nitrogens with one attached hydrogen (secondary N) is 4. The molecule has 0 bridgehead atoms. The van der Waals surface area contributed by atoms with E-state index in [4.69, 9.17) is 0 Å². The molecule has 2 aromatic rings. The lowest BCUT2D eigenvalue weighted by Crippen LogP contribution is -2.46. The van der Waals surface area contributed by atoms with E-state index in [1.165, 1.54) is 6.20 Å². The molecule has 25 heavy (non-hydrogen) atoms. The molecule has 130 valence electrons. The number of aromatic nitrogens is 2. The highest BCUT2D eigenvalue weighted by Gasteiger charge is 2.11. The fourth-order valence-electron chi connectivity index (χ4n) is 2.69. The maximum absolute atomic E-state index is 12.1. The van der Waals surface area contributed by atoms with Crippen LogP contribution in [0.3, 0.4) is 0 Å². The molecule has 3 rings (SSSR count). The molecule has 8 heteroatoms. The Morgan fingerprint density at radius 2 is 2.24 bits per heavy atom. The highest BCUT2D eigenvalue weighted by atomic mass is 16.1. The number of hydrogen-bond donors (Lipinski definition) is 4. The van der Waals surface area contributed by atoms with Crippen molar-refractivity contribution >= 4 is 22.6 Å². The Hall–Kier alpha value is -2.89. The normalized spacial score (nSPS) is 15.7. The van der Waals surface area contributed by atoms with Crippen LogP contribution in [0.5, 0.6) is 0 Å². The highest BCUT2D eigenvalue weighted by Crippen LogP contribution is 2.15. The minimum Gasteiger partial charge on any atom is -0.360 e. The van der Waals surface area contributed by atoms with E-state index in [0.717, 1.165) is 49.4 Å². The number of nitriles is 1. The van der Waals surface area contributed by atoms with E-state index < -0.39 is 0 Å². The predicted molar refractivity (Wildman–Crippen MR) is 95.7 cm³/mol. The molecule has 1 aliphatic rings. The first-order chi connectivity index (χ1) is 12.3.